The SMILES string of the molecule is COc1ccc(N2CCNCC2c2cccnc2)cc1. The lowest BCUT2D eigenvalue weighted by atomic mass is 10.0. The number of ether oxygens (including phenoxy) is 1. The van der Waals surface area contributed by atoms with Gasteiger partial charge in [-0.3, -0.25) is 4.98 Å². The zero-order valence-corrected chi connectivity index (χ0v) is 11.6. The van der Waals surface area contributed by atoms with Crippen molar-refractivity contribution in [3.63, 3.8) is 0 Å². The molecule has 0 aliphatic carbocycles. The molecule has 1 aliphatic heterocycles. The van der Waals surface area contributed by atoms with Gasteiger partial charge in [-0.2, -0.15) is 0 Å². The van der Waals surface area contributed by atoms with Crippen molar-refractivity contribution in [1.82, 2.24) is 10.3 Å². The maximum Gasteiger partial charge on any atom is 0.119 e. The second-order valence-corrected chi connectivity index (χ2v) is 4.90. The van der Waals surface area contributed by atoms with E-state index in [-0.39, 0.29) is 0 Å². The van der Waals surface area contributed by atoms with Gasteiger partial charge in [0.05, 0.1) is 13.2 Å². The van der Waals surface area contributed by atoms with Gasteiger partial charge in [-0.25, -0.2) is 0 Å². The molecule has 0 saturated carbocycles. The first-order valence-corrected chi connectivity index (χ1v) is 6.90. The van der Waals surface area contributed by atoms with Gasteiger partial charge in [-0.15, -0.1) is 0 Å². The van der Waals surface area contributed by atoms with E-state index in [4.69, 9.17) is 4.74 Å². The van der Waals surface area contributed by atoms with Gasteiger partial charge in [0.25, 0.3) is 0 Å². The summed E-state index contributed by atoms with van der Waals surface area (Å²) < 4.78 is 5.23. The average molecular weight is 269 g/mol. The maximum absolute atomic E-state index is 5.23. The zero-order chi connectivity index (χ0) is 13.8. The molecule has 1 N–H and O–H groups in total. The summed E-state index contributed by atoms with van der Waals surface area (Å²) in [4.78, 5) is 6.66. The Labute approximate surface area is 119 Å². The number of pyridine rings is 1. The Bertz CT molecular complexity index is 541. The molecule has 1 atom stereocenters. The van der Waals surface area contributed by atoms with Crippen LogP contribution in [0.1, 0.15) is 11.6 Å². The van der Waals surface area contributed by atoms with Crippen molar-refractivity contribution in [2.24, 2.45) is 0 Å². The Kier molecular flexibility index (Phi) is 3.83. The van der Waals surface area contributed by atoms with Crippen molar-refractivity contribution in [1.29, 1.82) is 0 Å². The van der Waals surface area contributed by atoms with E-state index < -0.39 is 0 Å². The zero-order valence-electron chi connectivity index (χ0n) is 11.6. The highest BCUT2D eigenvalue weighted by atomic mass is 16.5. The van der Waals surface area contributed by atoms with E-state index in [1.54, 1.807) is 7.11 Å². The minimum absolute atomic E-state index is 0.325. The highest BCUT2D eigenvalue weighted by Gasteiger charge is 2.24. The van der Waals surface area contributed by atoms with Crippen molar-refractivity contribution in [3.05, 3.63) is 54.4 Å². The van der Waals surface area contributed by atoms with Gasteiger partial charge in [-0.05, 0) is 35.9 Å². The third-order valence-corrected chi connectivity index (χ3v) is 3.72. The van der Waals surface area contributed by atoms with Gasteiger partial charge in [0.2, 0.25) is 0 Å². The van der Waals surface area contributed by atoms with Crippen LogP contribution in [0.25, 0.3) is 0 Å². The molecule has 3 rings (SSSR count). The van der Waals surface area contributed by atoms with E-state index in [1.165, 1.54) is 11.3 Å². The molecule has 2 heterocycles. The summed E-state index contributed by atoms with van der Waals surface area (Å²) in [6.45, 7) is 2.94. The lowest BCUT2D eigenvalue weighted by molar-refractivity contribution is 0.414. The molecule has 1 aromatic heterocycles. The molecular weight excluding hydrogens is 250 g/mol. The van der Waals surface area contributed by atoms with Gasteiger partial charge in [0, 0.05) is 37.7 Å². The molecule has 4 nitrogen and oxygen atoms in total. The lowest BCUT2D eigenvalue weighted by Gasteiger charge is -2.38. The van der Waals surface area contributed by atoms with Crippen LogP contribution in [-0.2, 0) is 0 Å². The monoisotopic (exact) mass is 269 g/mol. The fourth-order valence-electron chi connectivity index (χ4n) is 2.66. The summed E-state index contributed by atoms with van der Waals surface area (Å²) in [5.41, 5.74) is 2.47. The number of benzene rings is 1. The molecule has 4 heteroatoms. The summed E-state index contributed by atoms with van der Waals surface area (Å²) >= 11 is 0. The van der Waals surface area contributed by atoms with Crippen molar-refractivity contribution in [2.75, 3.05) is 31.6 Å². The molecule has 104 valence electrons. The van der Waals surface area contributed by atoms with Crippen LogP contribution in [-0.4, -0.2) is 31.7 Å². The van der Waals surface area contributed by atoms with Crippen LogP contribution in [0.4, 0.5) is 5.69 Å². The highest BCUT2D eigenvalue weighted by molar-refractivity contribution is 5.51. The molecule has 1 fully saturated rings. The molecular formula is C16H19N3O. The summed E-state index contributed by atoms with van der Waals surface area (Å²) in [6.07, 6.45) is 3.77. The van der Waals surface area contributed by atoms with E-state index in [1.807, 2.05) is 30.6 Å². The second-order valence-electron chi connectivity index (χ2n) is 4.90. The highest BCUT2D eigenvalue weighted by Crippen LogP contribution is 2.29. The number of piperazine rings is 1. The molecule has 0 radical (unpaired) electrons. The van der Waals surface area contributed by atoms with Gasteiger partial charge >= 0.3 is 0 Å². The molecule has 2 aromatic rings. The summed E-state index contributed by atoms with van der Waals surface area (Å²) in [5.74, 6) is 0.891. The van der Waals surface area contributed by atoms with E-state index in [0.29, 0.717) is 6.04 Å². The van der Waals surface area contributed by atoms with Gasteiger partial charge in [-0.1, -0.05) is 6.07 Å². The molecule has 20 heavy (non-hydrogen) atoms. The Hall–Kier alpha value is -2.07. The third-order valence-electron chi connectivity index (χ3n) is 3.72. The normalized spacial score (nSPS) is 18.9. The minimum atomic E-state index is 0.325. The van der Waals surface area contributed by atoms with Gasteiger partial charge in [0.1, 0.15) is 5.75 Å². The predicted octanol–water partition coefficient (Wildman–Crippen LogP) is 2.24. The van der Waals surface area contributed by atoms with Gasteiger partial charge in [0.15, 0.2) is 0 Å². The van der Waals surface area contributed by atoms with E-state index >= 15 is 0 Å². The number of methoxy groups -OCH3 is 1. The fourth-order valence-corrected chi connectivity index (χ4v) is 2.66. The van der Waals surface area contributed by atoms with Crippen molar-refractivity contribution in [2.45, 2.75) is 6.04 Å². The first-order valence-electron chi connectivity index (χ1n) is 6.90. The van der Waals surface area contributed by atoms with Crippen LogP contribution < -0.4 is 15.0 Å². The van der Waals surface area contributed by atoms with Gasteiger partial charge < -0.3 is 15.0 Å². The van der Waals surface area contributed by atoms with Crippen LogP contribution in [0.15, 0.2) is 48.8 Å². The first-order chi connectivity index (χ1) is 9.88. The number of hydrogen-bond donors (Lipinski definition) is 1. The molecule has 0 bridgehead atoms. The molecule has 0 spiro atoms. The summed E-state index contributed by atoms with van der Waals surface area (Å²) in [6, 6.07) is 12.7. The van der Waals surface area contributed by atoms with E-state index in [2.05, 4.69) is 33.4 Å². The quantitative estimate of drug-likeness (QED) is 0.927. The molecule has 1 aliphatic rings. The summed E-state index contributed by atoms with van der Waals surface area (Å²) in [7, 11) is 1.69. The molecule has 1 saturated heterocycles. The Morgan fingerprint density at radius 3 is 2.80 bits per heavy atom. The largest absolute Gasteiger partial charge is 0.497 e. The fraction of sp³-hybridized carbons (Fsp3) is 0.312. The Balaban J connectivity index is 1.88. The molecule has 1 aromatic carbocycles. The minimum Gasteiger partial charge on any atom is -0.497 e. The standard InChI is InChI=1S/C16H19N3O/c1-20-15-6-4-14(5-7-15)19-10-9-18-12-16(19)13-3-2-8-17-11-13/h2-8,11,16,18H,9-10,12H2,1H3. The third kappa shape index (κ3) is 2.60. The Morgan fingerprint density at radius 1 is 1.25 bits per heavy atom. The number of hydrogen-bond acceptors (Lipinski definition) is 4. The van der Waals surface area contributed by atoms with Crippen LogP contribution in [0.2, 0.25) is 0 Å². The van der Waals surface area contributed by atoms with Crippen LogP contribution in [0.3, 0.4) is 0 Å². The Morgan fingerprint density at radius 2 is 2.10 bits per heavy atom. The van der Waals surface area contributed by atoms with E-state index in [0.717, 1.165) is 25.4 Å². The van der Waals surface area contributed by atoms with Crippen molar-refractivity contribution in [3.8, 4) is 5.75 Å². The maximum atomic E-state index is 5.23. The van der Waals surface area contributed by atoms with Crippen molar-refractivity contribution < 1.29 is 4.74 Å². The second kappa shape index (κ2) is 5.92. The number of nitrogens with one attached hydrogen (secondary N) is 1. The first kappa shape index (κ1) is 12.9. The average Bonchev–Trinajstić information content (AvgIpc) is 2.56. The number of rotatable bonds is 3. The van der Waals surface area contributed by atoms with Crippen LogP contribution in [0, 0.1) is 0 Å². The number of aromatic nitrogens is 1. The lowest BCUT2D eigenvalue weighted by Crippen LogP contribution is -2.46. The smallest absolute Gasteiger partial charge is 0.119 e. The summed E-state index contributed by atoms with van der Waals surface area (Å²) in [5, 5.41) is 3.46. The van der Waals surface area contributed by atoms with Crippen LogP contribution in [0.5, 0.6) is 5.75 Å². The number of anilines is 1. The van der Waals surface area contributed by atoms with Crippen molar-refractivity contribution >= 4 is 5.69 Å². The molecule has 0 amide bonds. The molecule has 1 unspecified atom stereocenters. The topological polar surface area (TPSA) is 37.4 Å². The predicted molar refractivity (Wildman–Crippen MR) is 80.2 cm³/mol. The number of nitrogens with zero attached hydrogens (tertiary/aromatic N) is 2. The van der Waals surface area contributed by atoms with Crippen LogP contribution >= 0.6 is 0 Å². The van der Waals surface area contributed by atoms with E-state index in [9.17, 15) is 0 Å².